The lowest BCUT2D eigenvalue weighted by molar-refractivity contribution is -0.140. The van der Waals surface area contributed by atoms with Crippen LogP contribution in [0.4, 0.5) is 5.69 Å². The molecular weight excluding hydrogens is 629 g/mol. The van der Waals surface area contributed by atoms with Crippen molar-refractivity contribution < 1.29 is 18.0 Å². The first kappa shape index (κ1) is 34.0. The van der Waals surface area contributed by atoms with E-state index >= 15 is 0 Å². The highest BCUT2D eigenvalue weighted by Crippen LogP contribution is 2.27. The minimum atomic E-state index is -4.22. The first-order valence-corrected chi connectivity index (χ1v) is 16.7. The number of carbonyl (C=O) groups excluding carboxylic acids is 2. The molecule has 0 aliphatic rings. The molecule has 1 atom stereocenters. The third-order valence-corrected chi connectivity index (χ3v) is 9.25. The Morgan fingerprint density at radius 2 is 1.40 bits per heavy atom. The Hall–Kier alpha value is -3.85. The predicted molar refractivity (Wildman–Crippen MR) is 181 cm³/mol. The number of nitrogens with zero attached hydrogens (tertiary/aromatic N) is 2. The first-order valence-electron chi connectivity index (χ1n) is 14.5. The molecule has 4 aromatic rings. The monoisotopic (exact) mass is 665 g/mol. The Morgan fingerprint density at radius 3 is 2.00 bits per heavy atom. The molecule has 7 nitrogen and oxygen atoms in total. The molecule has 45 heavy (non-hydrogen) atoms. The van der Waals surface area contributed by atoms with Crippen LogP contribution in [0.2, 0.25) is 10.0 Å². The molecule has 0 saturated carbocycles. The number of rotatable bonds is 11. The second kappa shape index (κ2) is 14.5. The van der Waals surface area contributed by atoms with E-state index in [9.17, 15) is 18.0 Å². The van der Waals surface area contributed by atoms with Gasteiger partial charge in [0.05, 0.1) is 10.6 Å². The summed E-state index contributed by atoms with van der Waals surface area (Å²) in [5.41, 5.74) is 2.06. The number of anilines is 1. The lowest BCUT2D eigenvalue weighted by Crippen LogP contribution is -2.56. The van der Waals surface area contributed by atoms with E-state index in [4.69, 9.17) is 23.2 Å². The Bertz CT molecular complexity index is 1740. The van der Waals surface area contributed by atoms with E-state index in [2.05, 4.69) is 5.32 Å². The predicted octanol–water partition coefficient (Wildman–Crippen LogP) is 7.05. The van der Waals surface area contributed by atoms with Crippen molar-refractivity contribution >= 4 is 50.7 Å². The van der Waals surface area contributed by atoms with Gasteiger partial charge in [0, 0.05) is 28.5 Å². The Balaban J connectivity index is 1.82. The molecule has 0 spiro atoms. The number of hydrogen-bond acceptors (Lipinski definition) is 4. The van der Waals surface area contributed by atoms with Crippen molar-refractivity contribution in [2.45, 2.75) is 57.1 Å². The average Bonchev–Trinajstić information content (AvgIpc) is 2.97. The summed E-state index contributed by atoms with van der Waals surface area (Å²) in [6.07, 6.45) is 0.205. The molecule has 0 radical (unpaired) electrons. The van der Waals surface area contributed by atoms with Crippen molar-refractivity contribution in [3.63, 3.8) is 0 Å². The van der Waals surface area contributed by atoms with E-state index in [1.54, 1.807) is 48.5 Å². The molecule has 0 bridgehead atoms. The number of benzene rings is 4. The van der Waals surface area contributed by atoms with Crippen LogP contribution in [-0.2, 0) is 32.6 Å². The fourth-order valence-electron chi connectivity index (χ4n) is 4.84. The number of nitrogens with one attached hydrogen (secondary N) is 1. The zero-order valence-corrected chi connectivity index (χ0v) is 28.0. The van der Waals surface area contributed by atoms with Gasteiger partial charge in [-0.05, 0) is 81.3 Å². The van der Waals surface area contributed by atoms with E-state index in [1.165, 1.54) is 23.1 Å². The summed E-state index contributed by atoms with van der Waals surface area (Å²) < 4.78 is 29.3. The second-order valence-electron chi connectivity index (χ2n) is 11.9. The smallest absolute Gasteiger partial charge is 0.264 e. The summed E-state index contributed by atoms with van der Waals surface area (Å²) in [4.78, 5) is 29.9. The Kier molecular flexibility index (Phi) is 11.0. The number of halogens is 2. The first-order chi connectivity index (χ1) is 21.2. The standard InChI is InChI=1S/C35H37Cl2N3O4S/c1-25-16-18-31(19-17-25)45(43,44)40(30-15-9-14-29(37)22-30)24-33(41)39(23-27-12-8-13-28(36)20-27)32(34(42)38-35(2,3)4)21-26-10-6-5-7-11-26/h5-20,22,32H,21,23-24H2,1-4H3,(H,38,42)/t32-/m0/s1. The maximum atomic E-state index is 14.5. The number of sulfonamides is 1. The maximum absolute atomic E-state index is 14.5. The normalized spacial score (nSPS) is 12.3. The molecular formula is C35H37Cl2N3O4S. The molecule has 0 unspecified atom stereocenters. The molecule has 0 aromatic heterocycles. The number of amides is 2. The lowest BCUT2D eigenvalue weighted by atomic mass is 10.0. The van der Waals surface area contributed by atoms with Crippen molar-refractivity contribution in [1.29, 1.82) is 0 Å². The molecule has 236 valence electrons. The van der Waals surface area contributed by atoms with Gasteiger partial charge in [-0.1, -0.05) is 89.4 Å². The summed E-state index contributed by atoms with van der Waals surface area (Å²) in [7, 11) is -4.22. The van der Waals surface area contributed by atoms with Gasteiger partial charge in [-0.15, -0.1) is 0 Å². The SMILES string of the molecule is Cc1ccc(S(=O)(=O)N(CC(=O)N(Cc2cccc(Cl)c2)[C@@H](Cc2ccccc2)C(=O)NC(C)(C)C)c2cccc(Cl)c2)cc1. The molecule has 4 rings (SSSR count). The summed E-state index contributed by atoms with van der Waals surface area (Å²) in [5.74, 6) is -0.937. The molecule has 0 heterocycles. The lowest BCUT2D eigenvalue weighted by Gasteiger charge is -2.35. The molecule has 10 heteroatoms. The quantitative estimate of drug-likeness (QED) is 0.186. The van der Waals surface area contributed by atoms with Crippen LogP contribution in [-0.4, -0.2) is 43.3 Å². The average molecular weight is 667 g/mol. The molecule has 0 fully saturated rings. The maximum Gasteiger partial charge on any atom is 0.264 e. The van der Waals surface area contributed by atoms with Gasteiger partial charge in [-0.25, -0.2) is 8.42 Å². The van der Waals surface area contributed by atoms with Crippen LogP contribution in [0.1, 0.15) is 37.5 Å². The van der Waals surface area contributed by atoms with Gasteiger partial charge in [-0.2, -0.15) is 0 Å². The molecule has 0 aliphatic carbocycles. The summed E-state index contributed by atoms with van der Waals surface area (Å²) >= 11 is 12.6. The molecule has 4 aromatic carbocycles. The molecule has 0 aliphatic heterocycles. The van der Waals surface area contributed by atoms with Crippen LogP contribution in [0.15, 0.2) is 108 Å². The second-order valence-corrected chi connectivity index (χ2v) is 14.6. The molecule has 1 N–H and O–H groups in total. The summed E-state index contributed by atoms with van der Waals surface area (Å²) in [6.45, 7) is 6.89. The Labute approximate surface area is 275 Å². The van der Waals surface area contributed by atoms with E-state index in [1.807, 2.05) is 64.1 Å². The van der Waals surface area contributed by atoms with Gasteiger partial charge < -0.3 is 10.2 Å². The summed E-state index contributed by atoms with van der Waals surface area (Å²) in [6, 6.07) is 28.2. The van der Waals surface area contributed by atoms with E-state index in [0.717, 1.165) is 15.4 Å². The fourth-order valence-corrected chi connectivity index (χ4v) is 6.64. The summed E-state index contributed by atoms with van der Waals surface area (Å²) in [5, 5.41) is 3.80. The largest absolute Gasteiger partial charge is 0.350 e. The van der Waals surface area contributed by atoms with Gasteiger partial charge in [0.15, 0.2) is 0 Å². The van der Waals surface area contributed by atoms with Gasteiger partial charge in [0.1, 0.15) is 12.6 Å². The van der Waals surface area contributed by atoms with Crippen molar-refractivity contribution in [1.82, 2.24) is 10.2 Å². The van der Waals surface area contributed by atoms with Crippen LogP contribution < -0.4 is 9.62 Å². The van der Waals surface area contributed by atoms with Crippen LogP contribution >= 0.6 is 23.2 Å². The minimum absolute atomic E-state index is 0.0163. The van der Waals surface area contributed by atoms with Crippen LogP contribution in [0.3, 0.4) is 0 Å². The van der Waals surface area contributed by atoms with Gasteiger partial charge >= 0.3 is 0 Å². The minimum Gasteiger partial charge on any atom is -0.350 e. The zero-order chi connectivity index (χ0) is 32.8. The third kappa shape index (κ3) is 9.33. The van der Waals surface area contributed by atoms with Crippen molar-refractivity contribution in [3.05, 3.63) is 130 Å². The van der Waals surface area contributed by atoms with Crippen LogP contribution in [0.5, 0.6) is 0 Å². The van der Waals surface area contributed by atoms with Crippen molar-refractivity contribution in [2.24, 2.45) is 0 Å². The highest BCUT2D eigenvalue weighted by atomic mass is 35.5. The highest BCUT2D eigenvalue weighted by Gasteiger charge is 2.35. The molecule has 2 amide bonds. The van der Waals surface area contributed by atoms with E-state index in [0.29, 0.717) is 15.6 Å². The van der Waals surface area contributed by atoms with Crippen LogP contribution in [0, 0.1) is 6.92 Å². The van der Waals surface area contributed by atoms with Crippen LogP contribution in [0.25, 0.3) is 0 Å². The zero-order valence-electron chi connectivity index (χ0n) is 25.7. The number of aryl methyl sites for hydroxylation is 1. The fraction of sp³-hybridized carbons (Fsp3) is 0.257. The highest BCUT2D eigenvalue weighted by molar-refractivity contribution is 7.92. The van der Waals surface area contributed by atoms with E-state index < -0.39 is 34.1 Å². The van der Waals surface area contributed by atoms with E-state index in [-0.39, 0.29) is 29.5 Å². The molecule has 0 saturated heterocycles. The number of carbonyl (C=O) groups is 2. The topological polar surface area (TPSA) is 86.8 Å². The number of hydrogen-bond donors (Lipinski definition) is 1. The van der Waals surface area contributed by atoms with Crippen molar-refractivity contribution in [2.75, 3.05) is 10.8 Å². The Morgan fingerprint density at radius 1 is 0.800 bits per heavy atom. The van der Waals surface area contributed by atoms with Gasteiger partial charge in [-0.3, -0.25) is 13.9 Å². The van der Waals surface area contributed by atoms with Crippen molar-refractivity contribution in [3.8, 4) is 0 Å². The van der Waals surface area contributed by atoms with Gasteiger partial charge in [0.2, 0.25) is 11.8 Å². The van der Waals surface area contributed by atoms with Gasteiger partial charge in [0.25, 0.3) is 10.0 Å². The third-order valence-electron chi connectivity index (χ3n) is 7.00.